The van der Waals surface area contributed by atoms with Gasteiger partial charge in [0.15, 0.2) is 0 Å². The van der Waals surface area contributed by atoms with Crippen molar-refractivity contribution in [2.75, 3.05) is 0 Å². The fraction of sp³-hybridized carbons (Fsp3) is 0.412. The third kappa shape index (κ3) is 4.65. The Morgan fingerprint density at radius 3 is 2.91 bits per heavy atom. The number of aryl methyl sites for hydroxylation is 2. The fourth-order valence-electron chi connectivity index (χ4n) is 2.49. The molecule has 0 aromatic carbocycles. The molecule has 0 aliphatic carbocycles. The minimum absolute atomic E-state index is 0.000715. The van der Waals surface area contributed by atoms with Crippen molar-refractivity contribution in [1.82, 2.24) is 20.1 Å². The van der Waals surface area contributed by atoms with Gasteiger partial charge in [0.1, 0.15) is 0 Å². The first kappa shape index (κ1) is 16.7. The summed E-state index contributed by atoms with van der Waals surface area (Å²) in [5.74, 6) is -0.000715. The van der Waals surface area contributed by atoms with Crippen molar-refractivity contribution in [3.8, 4) is 6.07 Å². The van der Waals surface area contributed by atoms with Gasteiger partial charge in [0.2, 0.25) is 5.91 Å². The molecule has 0 aliphatic rings. The van der Waals surface area contributed by atoms with Gasteiger partial charge in [0.25, 0.3) is 0 Å². The highest BCUT2D eigenvalue weighted by atomic mass is 16.1. The van der Waals surface area contributed by atoms with E-state index in [2.05, 4.69) is 21.5 Å². The summed E-state index contributed by atoms with van der Waals surface area (Å²) in [6, 6.07) is 7.75. The Bertz CT molecular complexity index is 700. The number of hydrogen-bond donors (Lipinski definition) is 1. The van der Waals surface area contributed by atoms with Crippen LogP contribution in [-0.4, -0.2) is 20.7 Å². The summed E-state index contributed by atoms with van der Waals surface area (Å²) in [6.45, 7) is 4.96. The van der Waals surface area contributed by atoms with Crippen molar-refractivity contribution < 1.29 is 4.79 Å². The summed E-state index contributed by atoms with van der Waals surface area (Å²) < 4.78 is 1.85. The summed E-state index contributed by atoms with van der Waals surface area (Å²) in [4.78, 5) is 16.2. The van der Waals surface area contributed by atoms with E-state index in [4.69, 9.17) is 5.26 Å². The van der Waals surface area contributed by atoms with E-state index in [0.717, 1.165) is 22.6 Å². The normalized spacial score (nSPS) is 10.3. The molecule has 0 fully saturated rings. The maximum absolute atomic E-state index is 12.0. The van der Waals surface area contributed by atoms with E-state index in [-0.39, 0.29) is 5.91 Å². The van der Waals surface area contributed by atoms with Crippen LogP contribution in [0.25, 0.3) is 0 Å². The van der Waals surface area contributed by atoms with Gasteiger partial charge in [-0.3, -0.25) is 14.5 Å². The van der Waals surface area contributed by atoms with Gasteiger partial charge < -0.3 is 5.32 Å². The lowest BCUT2D eigenvalue weighted by Gasteiger charge is -2.06. The van der Waals surface area contributed by atoms with E-state index in [9.17, 15) is 4.79 Å². The van der Waals surface area contributed by atoms with Crippen LogP contribution >= 0.6 is 0 Å². The zero-order valence-electron chi connectivity index (χ0n) is 13.5. The topological polar surface area (TPSA) is 83.6 Å². The van der Waals surface area contributed by atoms with E-state index in [0.29, 0.717) is 32.4 Å². The minimum Gasteiger partial charge on any atom is -0.350 e. The number of aromatic nitrogens is 3. The van der Waals surface area contributed by atoms with Crippen LogP contribution in [0.1, 0.15) is 35.5 Å². The lowest BCUT2D eigenvalue weighted by atomic mass is 10.1. The van der Waals surface area contributed by atoms with E-state index in [1.165, 1.54) is 0 Å². The highest BCUT2D eigenvalue weighted by Crippen LogP contribution is 2.15. The Morgan fingerprint density at radius 1 is 1.39 bits per heavy atom. The summed E-state index contributed by atoms with van der Waals surface area (Å²) >= 11 is 0. The van der Waals surface area contributed by atoms with Crippen molar-refractivity contribution >= 4 is 5.91 Å². The molecule has 0 radical (unpaired) electrons. The maximum Gasteiger partial charge on any atom is 0.220 e. The molecule has 2 rings (SSSR count). The zero-order valence-corrected chi connectivity index (χ0v) is 13.5. The van der Waals surface area contributed by atoms with Gasteiger partial charge in [0, 0.05) is 18.3 Å². The molecule has 23 heavy (non-hydrogen) atoms. The van der Waals surface area contributed by atoms with E-state index in [1.807, 2.05) is 36.7 Å². The summed E-state index contributed by atoms with van der Waals surface area (Å²) in [6.07, 6.45) is 3.21. The van der Waals surface area contributed by atoms with Crippen LogP contribution in [0.2, 0.25) is 0 Å². The molecular formula is C17H21N5O. The number of amides is 1. The van der Waals surface area contributed by atoms with Crippen LogP contribution in [0.4, 0.5) is 0 Å². The van der Waals surface area contributed by atoms with Crippen molar-refractivity contribution in [2.24, 2.45) is 0 Å². The molecule has 0 spiro atoms. The highest BCUT2D eigenvalue weighted by Gasteiger charge is 2.13. The van der Waals surface area contributed by atoms with Gasteiger partial charge in [0.05, 0.1) is 37.0 Å². The van der Waals surface area contributed by atoms with E-state index < -0.39 is 0 Å². The number of nitrogens with one attached hydrogen (secondary N) is 1. The monoisotopic (exact) mass is 311 g/mol. The second kappa shape index (κ2) is 8.08. The first-order valence-corrected chi connectivity index (χ1v) is 7.68. The predicted octanol–water partition coefficient (Wildman–Crippen LogP) is 2.06. The SMILES string of the molecule is Cc1nn(CCC#N)c(C)c1CCC(=O)NCc1ccccn1. The number of carbonyl (C=O) groups is 1. The predicted molar refractivity (Wildman–Crippen MR) is 86.3 cm³/mol. The quantitative estimate of drug-likeness (QED) is 0.848. The Morgan fingerprint density at radius 2 is 2.22 bits per heavy atom. The number of nitrogens with zero attached hydrogens (tertiary/aromatic N) is 4. The van der Waals surface area contributed by atoms with Crippen LogP contribution in [-0.2, 0) is 24.3 Å². The zero-order chi connectivity index (χ0) is 16.7. The molecule has 6 nitrogen and oxygen atoms in total. The third-order valence-electron chi connectivity index (χ3n) is 3.76. The molecule has 120 valence electrons. The number of carbonyl (C=O) groups excluding carboxylic acids is 1. The molecule has 0 atom stereocenters. The molecule has 0 aliphatic heterocycles. The maximum atomic E-state index is 12.0. The van der Waals surface area contributed by atoms with E-state index >= 15 is 0 Å². The fourth-order valence-corrected chi connectivity index (χ4v) is 2.49. The number of pyridine rings is 1. The van der Waals surface area contributed by atoms with Gasteiger partial charge in [-0.05, 0) is 38.0 Å². The molecule has 0 bridgehead atoms. The highest BCUT2D eigenvalue weighted by molar-refractivity contribution is 5.76. The average molecular weight is 311 g/mol. The smallest absolute Gasteiger partial charge is 0.220 e. The van der Waals surface area contributed by atoms with Gasteiger partial charge in [-0.2, -0.15) is 10.4 Å². The van der Waals surface area contributed by atoms with Crippen molar-refractivity contribution in [1.29, 1.82) is 5.26 Å². The summed E-state index contributed by atoms with van der Waals surface area (Å²) in [5.41, 5.74) is 3.90. The van der Waals surface area contributed by atoms with E-state index in [1.54, 1.807) is 6.20 Å². The van der Waals surface area contributed by atoms with Crippen molar-refractivity contribution in [2.45, 2.75) is 46.2 Å². The molecule has 0 saturated heterocycles. The van der Waals surface area contributed by atoms with Gasteiger partial charge in [-0.15, -0.1) is 0 Å². The third-order valence-corrected chi connectivity index (χ3v) is 3.76. The minimum atomic E-state index is -0.000715. The van der Waals surface area contributed by atoms with Gasteiger partial charge in [-0.1, -0.05) is 6.07 Å². The summed E-state index contributed by atoms with van der Waals surface area (Å²) in [5, 5.41) is 16.0. The number of hydrogen-bond acceptors (Lipinski definition) is 4. The second-order valence-electron chi connectivity index (χ2n) is 5.38. The Kier molecular flexibility index (Phi) is 5.87. The van der Waals surface area contributed by atoms with Crippen molar-refractivity contribution in [3.05, 3.63) is 47.0 Å². The molecular weight excluding hydrogens is 290 g/mol. The van der Waals surface area contributed by atoms with Crippen LogP contribution in [0.5, 0.6) is 0 Å². The Balaban J connectivity index is 1.87. The lowest BCUT2D eigenvalue weighted by Crippen LogP contribution is -2.23. The number of rotatable bonds is 7. The van der Waals surface area contributed by atoms with Crippen molar-refractivity contribution in [3.63, 3.8) is 0 Å². The summed E-state index contributed by atoms with van der Waals surface area (Å²) in [7, 11) is 0. The molecule has 0 saturated carbocycles. The molecule has 6 heteroatoms. The second-order valence-corrected chi connectivity index (χ2v) is 5.38. The molecule has 2 aromatic heterocycles. The van der Waals surface area contributed by atoms with Crippen LogP contribution in [0.3, 0.4) is 0 Å². The Labute approximate surface area is 136 Å². The van der Waals surface area contributed by atoms with Crippen LogP contribution < -0.4 is 5.32 Å². The standard InChI is InChI=1S/C17H21N5O/c1-13-16(14(2)22(21-13)11-5-9-18)7-8-17(23)20-12-15-6-3-4-10-19-15/h3-4,6,10H,5,7-8,11-12H2,1-2H3,(H,20,23). The molecule has 2 aromatic rings. The average Bonchev–Trinajstić information content (AvgIpc) is 2.83. The largest absolute Gasteiger partial charge is 0.350 e. The molecule has 2 heterocycles. The number of nitriles is 1. The molecule has 1 amide bonds. The first-order chi connectivity index (χ1) is 11.1. The van der Waals surface area contributed by atoms with Crippen LogP contribution in [0.15, 0.2) is 24.4 Å². The Hall–Kier alpha value is -2.68. The molecule has 0 unspecified atom stereocenters. The lowest BCUT2D eigenvalue weighted by molar-refractivity contribution is -0.121. The first-order valence-electron chi connectivity index (χ1n) is 7.68. The van der Waals surface area contributed by atoms with Gasteiger partial charge in [-0.25, -0.2) is 0 Å². The van der Waals surface area contributed by atoms with Gasteiger partial charge >= 0.3 is 0 Å². The molecule has 1 N–H and O–H groups in total. The van der Waals surface area contributed by atoms with Crippen LogP contribution in [0, 0.1) is 25.2 Å².